The van der Waals surface area contributed by atoms with Crippen LogP contribution in [0.3, 0.4) is 0 Å². The number of rotatable bonds is 6. The molecular weight excluding hydrogens is 337 g/mol. The zero-order valence-electron chi connectivity index (χ0n) is 15.1. The molecule has 2 aromatic carbocycles. The van der Waals surface area contributed by atoms with Crippen LogP contribution < -0.4 is 4.74 Å². The van der Waals surface area contributed by atoms with Crippen molar-refractivity contribution in [2.75, 3.05) is 0 Å². The maximum atomic E-state index is 12.3. The quantitative estimate of drug-likeness (QED) is 0.506. The number of hydrogen-bond donors (Lipinski definition) is 0. The van der Waals surface area contributed by atoms with Gasteiger partial charge in [0.1, 0.15) is 5.75 Å². The van der Waals surface area contributed by atoms with Gasteiger partial charge in [0.2, 0.25) is 0 Å². The summed E-state index contributed by atoms with van der Waals surface area (Å²) in [7, 11) is 0. The van der Waals surface area contributed by atoms with E-state index in [4.69, 9.17) is 0 Å². The lowest BCUT2D eigenvalue weighted by atomic mass is 9.80. The molecule has 0 spiro atoms. The van der Waals surface area contributed by atoms with E-state index in [1.165, 1.54) is 55.4 Å². The fraction of sp³-hybridized carbons (Fsp3) is 0.455. The molecule has 2 aromatic rings. The molecule has 0 radical (unpaired) electrons. The monoisotopic (exact) mass is 362 g/mol. The van der Waals surface area contributed by atoms with Crippen LogP contribution >= 0.6 is 0 Å². The average molecular weight is 362 g/mol. The van der Waals surface area contributed by atoms with E-state index >= 15 is 0 Å². The van der Waals surface area contributed by atoms with Crippen LogP contribution in [0.25, 0.3) is 11.1 Å². The molecule has 0 amide bonds. The summed E-state index contributed by atoms with van der Waals surface area (Å²) >= 11 is 0. The Morgan fingerprint density at radius 1 is 0.962 bits per heavy atom. The fourth-order valence-corrected chi connectivity index (χ4v) is 3.79. The number of aryl methyl sites for hydroxylation is 1. The topological polar surface area (TPSA) is 9.23 Å². The third kappa shape index (κ3) is 5.03. The molecule has 0 heterocycles. The Morgan fingerprint density at radius 2 is 1.69 bits per heavy atom. The highest BCUT2D eigenvalue weighted by atomic mass is 19.4. The van der Waals surface area contributed by atoms with Gasteiger partial charge in [-0.3, -0.25) is 0 Å². The van der Waals surface area contributed by atoms with Crippen molar-refractivity contribution in [1.29, 1.82) is 0 Å². The van der Waals surface area contributed by atoms with Crippen LogP contribution in [0, 0.1) is 5.92 Å². The molecule has 0 aliphatic heterocycles. The summed E-state index contributed by atoms with van der Waals surface area (Å²) < 4.78 is 40.7. The Balaban J connectivity index is 1.68. The fourth-order valence-electron chi connectivity index (χ4n) is 3.79. The molecule has 0 fully saturated rings. The summed E-state index contributed by atoms with van der Waals surface area (Å²) in [6.45, 7) is 2.24. The van der Waals surface area contributed by atoms with Crippen molar-refractivity contribution >= 4 is 0 Å². The van der Waals surface area contributed by atoms with Crippen molar-refractivity contribution in [1.82, 2.24) is 0 Å². The highest BCUT2D eigenvalue weighted by Crippen LogP contribution is 2.33. The third-order valence-electron chi connectivity index (χ3n) is 5.17. The summed E-state index contributed by atoms with van der Waals surface area (Å²) in [5, 5.41) is 0. The van der Waals surface area contributed by atoms with E-state index in [9.17, 15) is 13.2 Å². The highest BCUT2D eigenvalue weighted by Gasteiger charge is 2.31. The molecule has 1 atom stereocenters. The molecule has 26 heavy (non-hydrogen) atoms. The van der Waals surface area contributed by atoms with Crippen molar-refractivity contribution in [2.45, 2.75) is 58.2 Å². The Morgan fingerprint density at radius 3 is 2.38 bits per heavy atom. The van der Waals surface area contributed by atoms with Gasteiger partial charge in [-0.2, -0.15) is 0 Å². The van der Waals surface area contributed by atoms with Crippen molar-refractivity contribution in [3.8, 4) is 16.9 Å². The van der Waals surface area contributed by atoms with Crippen molar-refractivity contribution in [3.63, 3.8) is 0 Å². The lowest BCUT2D eigenvalue weighted by Gasteiger charge is -2.25. The molecule has 0 aromatic heterocycles. The predicted octanol–water partition coefficient (Wildman–Crippen LogP) is 6.94. The Hall–Kier alpha value is -1.97. The minimum absolute atomic E-state index is 0.186. The van der Waals surface area contributed by atoms with Gasteiger partial charge in [-0.25, -0.2) is 0 Å². The van der Waals surface area contributed by atoms with Gasteiger partial charge in [0.05, 0.1) is 0 Å². The number of benzene rings is 2. The van der Waals surface area contributed by atoms with Gasteiger partial charge in [-0.1, -0.05) is 62.9 Å². The van der Waals surface area contributed by atoms with E-state index in [1.807, 2.05) is 0 Å². The normalized spacial score (nSPS) is 17.0. The molecule has 0 saturated carbocycles. The summed E-state index contributed by atoms with van der Waals surface area (Å²) in [6.07, 6.45) is 4.04. The van der Waals surface area contributed by atoms with Gasteiger partial charge in [-0.15, -0.1) is 13.2 Å². The number of ether oxygens (including phenoxy) is 1. The molecular formula is C22H25F3O. The van der Waals surface area contributed by atoms with Crippen molar-refractivity contribution in [3.05, 3.63) is 53.6 Å². The molecule has 1 unspecified atom stereocenters. The van der Waals surface area contributed by atoms with Crippen LogP contribution in [0.1, 0.15) is 50.2 Å². The molecule has 4 heteroatoms. The van der Waals surface area contributed by atoms with Crippen molar-refractivity contribution in [2.24, 2.45) is 5.92 Å². The lowest BCUT2D eigenvalue weighted by Crippen LogP contribution is -2.16. The molecule has 0 N–H and O–H groups in total. The molecule has 1 aliphatic rings. The minimum atomic E-state index is -4.65. The summed E-state index contributed by atoms with van der Waals surface area (Å²) in [5.41, 5.74) is 4.77. The van der Waals surface area contributed by atoms with Crippen LogP contribution in [0.15, 0.2) is 42.5 Å². The zero-order chi connectivity index (χ0) is 18.6. The van der Waals surface area contributed by atoms with Crippen LogP contribution in [0.4, 0.5) is 13.2 Å². The van der Waals surface area contributed by atoms with Gasteiger partial charge >= 0.3 is 6.36 Å². The largest absolute Gasteiger partial charge is 0.573 e. The zero-order valence-corrected chi connectivity index (χ0v) is 15.1. The Labute approximate surface area is 153 Å². The number of fused-ring (bicyclic) bond motifs is 1. The second-order valence-electron chi connectivity index (χ2n) is 7.16. The first kappa shape index (κ1) is 18.8. The number of hydrogen-bond acceptors (Lipinski definition) is 1. The van der Waals surface area contributed by atoms with E-state index in [0.717, 1.165) is 29.9 Å². The van der Waals surface area contributed by atoms with Gasteiger partial charge < -0.3 is 4.74 Å². The van der Waals surface area contributed by atoms with Gasteiger partial charge in [-0.05, 0) is 59.6 Å². The smallest absolute Gasteiger partial charge is 0.406 e. The van der Waals surface area contributed by atoms with E-state index in [2.05, 4.69) is 29.9 Å². The SMILES string of the molecule is CCCCCC1CCc2cc(-c3ccc(OC(F)(F)F)cc3)ccc2C1. The van der Waals surface area contributed by atoms with E-state index in [1.54, 1.807) is 12.1 Å². The second-order valence-corrected chi connectivity index (χ2v) is 7.16. The second kappa shape index (κ2) is 8.15. The first-order chi connectivity index (χ1) is 12.4. The van der Waals surface area contributed by atoms with E-state index in [-0.39, 0.29) is 5.75 Å². The maximum Gasteiger partial charge on any atom is 0.573 e. The van der Waals surface area contributed by atoms with E-state index in [0.29, 0.717) is 0 Å². The first-order valence-electron chi connectivity index (χ1n) is 9.42. The third-order valence-corrected chi connectivity index (χ3v) is 5.17. The molecule has 1 nitrogen and oxygen atoms in total. The number of unbranched alkanes of at least 4 members (excludes halogenated alkanes) is 2. The van der Waals surface area contributed by atoms with Crippen LogP contribution in [0.5, 0.6) is 5.75 Å². The Kier molecular flexibility index (Phi) is 5.90. The van der Waals surface area contributed by atoms with Gasteiger partial charge in [0.15, 0.2) is 0 Å². The molecule has 0 bridgehead atoms. The maximum absolute atomic E-state index is 12.3. The van der Waals surface area contributed by atoms with Crippen LogP contribution in [0.2, 0.25) is 0 Å². The van der Waals surface area contributed by atoms with Crippen LogP contribution in [-0.4, -0.2) is 6.36 Å². The first-order valence-corrected chi connectivity index (χ1v) is 9.42. The Bertz CT molecular complexity index is 719. The van der Waals surface area contributed by atoms with Crippen LogP contribution in [-0.2, 0) is 12.8 Å². The predicted molar refractivity (Wildman–Crippen MR) is 98.2 cm³/mol. The number of alkyl halides is 3. The van der Waals surface area contributed by atoms with Gasteiger partial charge in [0, 0.05) is 0 Å². The molecule has 0 saturated heterocycles. The van der Waals surface area contributed by atoms with E-state index < -0.39 is 6.36 Å². The number of halogens is 3. The molecule has 1 aliphatic carbocycles. The summed E-state index contributed by atoms with van der Waals surface area (Å²) in [6, 6.07) is 12.6. The lowest BCUT2D eigenvalue weighted by molar-refractivity contribution is -0.274. The molecule has 3 rings (SSSR count). The van der Waals surface area contributed by atoms with Gasteiger partial charge in [0.25, 0.3) is 0 Å². The van der Waals surface area contributed by atoms with Crippen molar-refractivity contribution < 1.29 is 17.9 Å². The summed E-state index contributed by atoms with van der Waals surface area (Å²) in [5.74, 6) is 0.604. The molecule has 140 valence electrons. The minimum Gasteiger partial charge on any atom is -0.406 e. The summed E-state index contributed by atoms with van der Waals surface area (Å²) in [4.78, 5) is 0. The average Bonchev–Trinajstić information content (AvgIpc) is 2.61. The standard InChI is InChI=1S/C22H25F3O/c1-2-3-4-5-16-6-7-20-15-19(9-8-18(20)14-16)17-10-12-21(13-11-17)26-22(23,24)25/h8-13,15-16H,2-7,14H2,1H3. The highest BCUT2D eigenvalue weighted by molar-refractivity contribution is 5.66.